The van der Waals surface area contributed by atoms with Gasteiger partial charge in [0.1, 0.15) is 22.5 Å². The van der Waals surface area contributed by atoms with Gasteiger partial charge < -0.3 is 5.11 Å². The number of phenolic OH excluding ortho intramolecular Hbond substituents is 1. The van der Waals surface area contributed by atoms with Crippen LogP contribution in [0.3, 0.4) is 0 Å². The van der Waals surface area contributed by atoms with E-state index in [9.17, 15) is 5.11 Å². The zero-order valence-electron chi connectivity index (χ0n) is 10.3. The highest BCUT2D eigenvalue weighted by Gasteiger charge is 2.09. The van der Waals surface area contributed by atoms with Crippen LogP contribution in [0.25, 0.3) is 16.7 Å². The molecule has 0 bridgehead atoms. The molecule has 0 unspecified atom stereocenters. The molecule has 4 nitrogen and oxygen atoms in total. The van der Waals surface area contributed by atoms with Crippen molar-refractivity contribution in [2.75, 3.05) is 0 Å². The van der Waals surface area contributed by atoms with E-state index in [0.29, 0.717) is 11.3 Å². The van der Waals surface area contributed by atoms with Crippen molar-refractivity contribution in [3.8, 4) is 23.8 Å². The maximum atomic E-state index is 9.89. The first kappa shape index (κ1) is 11.3. The van der Waals surface area contributed by atoms with Gasteiger partial charge in [0.25, 0.3) is 0 Å². The van der Waals surface area contributed by atoms with Crippen molar-refractivity contribution in [2.45, 2.75) is 6.92 Å². The first-order valence-corrected chi connectivity index (χ1v) is 5.81. The van der Waals surface area contributed by atoms with Crippen molar-refractivity contribution in [3.63, 3.8) is 0 Å². The van der Waals surface area contributed by atoms with Crippen LogP contribution in [-0.4, -0.2) is 20.1 Å². The van der Waals surface area contributed by atoms with Crippen molar-refractivity contribution < 1.29 is 5.11 Å². The normalized spacial score (nSPS) is 10.5. The van der Waals surface area contributed by atoms with Gasteiger partial charge in [0.15, 0.2) is 0 Å². The molecule has 0 saturated carbocycles. The Morgan fingerprint density at radius 1 is 1.11 bits per heavy atom. The predicted octanol–water partition coefficient (Wildman–Crippen LogP) is 2.42. The molecule has 3 rings (SSSR count). The van der Waals surface area contributed by atoms with Gasteiger partial charge in [-0.3, -0.25) is 0 Å². The molecule has 0 atom stereocenters. The fourth-order valence-electron chi connectivity index (χ4n) is 1.91. The SMILES string of the molecule is C#Cc1ccc(O)c(-n2nc3ccc(C)cc3n2)c1. The average Bonchev–Trinajstić information content (AvgIpc) is 2.82. The van der Waals surface area contributed by atoms with Gasteiger partial charge in [0, 0.05) is 5.56 Å². The topological polar surface area (TPSA) is 50.9 Å². The Morgan fingerprint density at radius 2 is 1.89 bits per heavy atom. The second-order valence-corrected chi connectivity index (χ2v) is 4.33. The molecule has 0 amide bonds. The molecule has 0 radical (unpaired) electrons. The number of aromatic hydroxyl groups is 1. The largest absolute Gasteiger partial charge is 0.506 e. The molecular weight excluding hydrogens is 238 g/mol. The van der Waals surface area contributed by atoms with E-state index in [1.165, 1.54) is 4.80 Å². The third-order valence-electron chi connectivity index (χ3n) is 2.89. The number of aromatic nitrogens is 3. The molecule has 92 valence electrons. The summed E-state index contributed by atoms with van der Waals surface area (Å²) >= 11 is 0. The van der Waals surface area contributed by atoms with Crippen LogP contribution in [0, 0.1) is 19.3 Å². The molecule has 0 aliphatic heterocycles. The van der Waals surface area contributed by atoms with Crippen LogP contribution >= 0.6 is 0 Å². The van der Waals surface area contributed by atoms with Gasteiger partial charge in [-0.15, -0.1) is 21.4 Å². The molecule has 0 spiro atoms. The summed E-state index contributed by atoms with van der Waals surface area (Å²) in [6.45, 7) is 1.99. The van der Waals surface area contributed by atoms with Crippen LogP contribution in [0.1, 0.15) is 11.1 Å². The number of rotatable bonds is 1. The van der Waals surface area contributed by atoms with E-state index in [0.717, 1.165) is 16.6 Å². The van der Waals surface area contributed by atoms with Gasteiger partial charge in [-0.1, -0.05) is 12.0 Å². The summed E-state index contributed by atoms with van der Waals surface area (Å²) in [5.74, 6) is 2.62. The smallest absolute Gasteiger partial charge is 0.143 e. The van der Waals surface area contributed by atoms with E-state index < -0.39 is 0 Å². The minimum Gasteiger partial charge on any atom is -0.506 e. The standard InChI is InChI=1S/C15H11N3O/c1-3-11-5-7-15(19)14(9-11)18-16-12-6-4-10(2)8-13(12)17-18/h1,4-9,19H,2H3. The molecule has 0 aliphatic rings. The molecule has 19 heavy (non-hydrogen) atoms. The monoisotopic (exact) mass is 249 g/mol. The maximum Gasteiger partial charge on any atom is 0.143 e. The molecule has 0 fully saturated rings. The van der Waals surface area contributed by atoms with E-state index in [1.54, 1.807) is 18.2 Å². The van der Waals surface area contributed by atoms with Crippen molar-refractivity contribution in [1.82, 2.24) is 15.0 Å². The van der Waals surface area contributed by atoms with Crippen LogP contribution in [0.2, 0.25) is 0 Å². The van der Waals surface area contributed by atoms with Gasteiger partial charge in [0.05, 0.1) is 0 Å². The van der Waals surface area contributed by atoms with Gasteiger partial charge >= 0.3 is 0 Å². The Bertz CT molecular complexity index is 812. The summed E-state index contributed by atoms with van der Waals surface area (Å²) in [4.78, 5) is 1.40. The third-order valence-corrected chi connectivity index (χ3v) is 2.89. The molecule has 0 aliphatic carbocycles. The Balaban J connectivity index is 2.21. The summed E-state index contributed by atoms with van der Waals surface area (Å²) in [6.07, 6.45) is 5.36. The summed E-state index contributed by atoms with van der Waals surface area (Å²) in [6, 6.07) is 10.7. The number of benzene rings is 2. The number of terminal acetylenes is 1. The lowest BCUT2D eigenvalue weighted by Crippen LogP contribution is -1.99. The molecule has 1 N–H and O–H groups in total. The van der Waals surface area contributed by atoms with E-state index >= 15 is 0 Å². The number of phenols is 1. The lowest BCUT2D eigenvalue weighted by atomic mass is 10.2. The first-order chi connectivity index (χ1) is 9.17. The summed E-state index contributed by atoms with van der Waals surface area (Å²) in [7, 11) is 0. The highest BCUT2D eigenvalue weighted by Crippen LogP contribution is 2.23. The molecule has 4 heteroatoms. The molecule has 0 saturated heterocycles. The van der Waals surface area contributed by atoms with Crippen molar-refractivity contribution in [2.24, 2.45) is 0 Å². The predicted molar refractivity (Wildman–Crippen MR) is 73.2 cm³/mol. The first-order valence-electron chi connectivity index (χ1n) is 5.81. The number of aryl methyl sites for hydroxylation is 1. The number of hydrogen-bond acceptors (Lipinski definition) is 3. The van der Waals surface area contributed by atoms with Crippen LogP contribution in [0.5, 0.6) is 5.75 Å². The van der Waals surface area contributed by atoms with Crippen molar-refractivity contribution in [3.05, 3.63) is 47.5 Å². The zero-order valence-corrected chi connectivity index (χ0v) is 10.3. The van der Waals surface area contributed by atoms with Crippen LogP contribution in [-0.2, 0) is 0 Å². The summed E-state index contributed by atoms with van der Waals surface area (Å²) in [5, 5.41) is 18.6. The highest BCUT2D eigenvalue weighted by molar-refractivity contribution is 5.74. The minimum atomic E-state index is 0.0935. The Kier molecular flexibility index (Phi) is 2.46. The number of nitrogens with zero attached hydrogens (tertiary/aromatic N) is 3. The lowest BCUT2D eigenvalue weighted by Gasteiger charge is -2.03. The van der Waals surface area contributed by atoms with E-state index in [1.807, 2.05) is 25.1 Å². The lowest BCUT2D eigenvalue weighted by molar-refractivity contribution is 0.467. The van der Waals surface area contributed by atoms with E-state index in [2.05, 4.69) is 16.1 Å². The fraction of sp³-hybridized carbons (Fsp3) is 0.0667. The van der Waals surface area contributed by atoms with Gasteiger partial charge in [-0.2, -0.15) is 0 Å². The second kappa shape index (κ2) is 4.14. The number of hydrogen-bond donors (Lipinski definition) is 1. The molecule has 1 heterocycles. The fourth-order valence-corrected chi connectivity index (χ4v) is 1.91. The van der Waals surface area contributed by atoms with E-state index in [-0.39, 0.29) is 5.75 Å². The summed E-state index contributed by atoms with van der Waals surface area (Å²) < 4.78 is 0. The Labute approximate surface area is 110 Å². The Hall–Kier alpha value is -2.80. The Morgan fingerprint density at radius 3 is 2.68 bits per heavy atom. The minimum absolute atomic E-state index is 0.0935. The maximum absolute atomic E-state index is 9.89. The molecule has 3 aromatic rings. The van der Waals surface area contributed by atoms with Crippen LogP contribution in [0.4, 0.5) is 0 Å². The van der Waals surface area contributed by atoms with Gasteiger partial charge in [0.2, 0.25) is 0 Å². The van der Waals surface area contributed by atoms with Crippen LogP contribution < -0.4 is 0 Å². The van der Waals surface area contributed by atoms with Crippen molar-refractivity contribution >= 4 is 11.0 Å². The van der Waals surface area contributed by atoms with Crippen LogP contribution in [0.15, 0.2) is 36.4 Å². The second-order valence-electron chi connectivity index (χ2n) is 4.33. The molecule has 2 aromatic carbocycles. The average molecular weight is 249 g/mol. The summed E-state index contributed by atoms with van der Waals surface area (Å²) in [5.41, 5.74) is 3.82. The number of fused-ring (bicyclic) bond motifs is 1. The molecule has 1 aromatic heterocycles. The molecular formula is C15H11N3O. The van der Waals surface area contributed by atoms with Gasteiger partial charge in [-0.05, 0) is 42.8 Å². The van der Waals surface area contributed by atoms with Gasteiger partial charge in [-0.25, -0.2) is 0 Å². The highest BCUT2D eigenvalue weighted by atomic mass is 16.3. The third kappa shape index (κ3) is 1.91. The zero-order chi connectivity index (χ0) is 13.4. The quantitative estimate of drug-likeness (QED) is 0.674. The van der Waals surface area contributed by atoms with Crippen molar-refractivity contribution in [1.29, 1.82) is 0 Å². The van der Waals surface area contributed by atoms with E-state index in [4.69, 9.17) is 6.42 Å².